The van der Waals surface area contributed by atoms with Gasteiger partial charge in [0.15, 0.2) is 0 Å². The molecule has 1 aliphatic carbocycles. The molecule has 2 heterocycles. The topological polar surface area (TPSA) is 73.7 Å². The van der Waals surface area contributed by atoms with Crippen LogP contribution in [-0.2, 0) is 21.0 Å². The maximum Gasteiger partial charge on any atom is 0.430 e. The zero-order chi connectivity index (χ0) is 26.6. The van der Waals surface area contributed by atoms with Crippen LogP contribution in [0, 0.1) is 0 Å². The second-order valence-corrected chi connectivity index (χ2v) is 11.3. The maximum atomic E-state index is 13.2. The van der Waals surface area contributed by atoms with E-state index in [-0.39, 0.29) is 12.0 Å². The minimum Gasteiger partial charge on any atom is -0.369 e. The fourth-order valence-corrected chi connectivity index (χ4v) is 6.44. The third-order valence-corrected chi connectivity index (χ3v) is 9.05. The summed E-state index contributed by atoms with van der Waals surface area (Å²) in [7, 11) is -4.19. The summed E-state index contributed by atoms with van der Waals surface area (Å²) in [5.74, 6) is 0. The smallest absolute Gasteiger partial charge is 0.369 e. The van der Waals surface area contributed by atoms with Gasteiger partial charge in [-0.25, -0.2) is 8.42 Å². The van der Waals surface area contributed by atoms with Crippen molar-refractivity contribution in [1.82, 2.24) is 14.2 Å². The Kier molecular flexibility index (Phi) is 6.68. The van der Waals surface area contributed by atoms with Crippen molar-refractivity contribution in [2.75, 3.05) is 26.2 Å². The highest BCUT2D eigenvalue weighted by Gasteiger charge is 2.71. The van der Waals surface area contributed by atoms with Crippen LogP contribution in [0.3, 0.4) is 0 Å². The summed E-state index contributed by atoms with van der Waals surface area (Å²) in [6, 6.07) is 5.49. The van der Waals surface area contributed by atoms with Crippen molar-refractivity contribution in [3.05, 3.63) is 59.9 Å². The second-order valence-electron chi connectivity index (χ2n) is 9.45. The summed E-state index contributed by atoms with van der Waals surface area (Å²) in [5.41, 5.74) is -5.44. The quantitative estimate of drug-likeness (QED) is 0.568. The normalized spacial score (nSPS) is 21.9. The van der Waals surface area contributed by atoms with Gasteiger partial charge in [-0.1, -0.05) is 12.1 Å². The van der Waals surface area contributed by atoms with E-state index in [2.05, 4.69) is 9.88 Å². The molecule has 0 amide bonds. The fraction of sp³-hybridized carbons (Fsp3) is 0.522. The summed E-state index contributed by atoms with van der Waals surface area (Å²) >= 11 is 0. The molecular formula is C23H25F6N3O3S. The van der Waals surface area contributed by atoms with Gasteiger partial charge in [-0.3, -0.25) is 9.88 Å². The lowest BCUT2D eigenvalue weighted by atomic mass is 9.92. The lowest BCUT2D eigenvalue weighted by molar-refractivity contribution is -0.376. The number of sulfonamides is 1. The number of benzene rings is 1. The van der Waals surface area contributed by atoms with Crippen LogP contribution in [-0.4, -0.2) is 72.3 Å². The SMILES string of the molecule is C[C@@H]1CN(CC2(c3ccncc3)CC2)CCN1S(=O)(=O)c1ccc(C(O)(C(F)(F)F)C(F)(F)F)cc1. The van der Waals surface area contributed by atoms with Crippen LogP contribution in [0.25, 0.3) is 0 Å². The highest BCUT2D eigenvalue weighted by Crippen LogP contribution is 2.50. The van der Waals surface area contributed by atoms with Gasteiger partial charge in [-0.15, -0.1) is 0 Å². The highest BCUT2D eigenvalue weighted by molar-refractivity contribution is 7.89. The van der Waals surface area contributed by atoms with Gasteiger partial charge >= 0.3 is 12.4 Å². The number of rotatable bonds is 6. The van der Waals surface area contributed by atoms with E-state index in [0.29, 0.717) is 37.4 Å². The van der Waals surface area contributed by atoms with Gasteiger partial charge < -0.3 is 5.11 Å². The average molecular weight is 538 g/mol. The largest absolute Gasteiger partial charge is 0.430 e. The zero-order valence-corrected chi connectivity index (χ0v) is 20.0. The summed E-state index contributed by atoms with van der Waals surface area (Å²) < 4.78 is 106. The second kappa shape index (κ2) is 8.96. The molecule has 2 fully saturated rings. The van der Waals surface area contributed by atoms with Crippen molar-refractivity contribution in [3.63, 3.8) is 0 Å². The van der Waals surface area contributed by atoms with Gasteiger partial charge in [-0.2, -0.15) is 30.6 Å². The number of piperazine rings is 1. The van der Waals surface area contributed by atoms with E-state index in [1.54, 1.807) is 19.3 Å². The molecule has 2 aliphatic rings. The third-order valence-electron chi connectivity index (χ3n) is 7.02. The van der Waals surface area contributed by atoms with Crippen LogP contribution in [0.4, 0.5) is 26.3 Å². The van der Waals surface area contributed by atoms with Crippen LogP contribution in [0.5, 0.6) is 0 Å². The minimum atomic E-state index is -6.05. The first-order chi connectivity index (χ1) is 16.6. The third kappa shape index (κ3) is 4.61. The molecule has 36 heavy (non-hydrogen) atoms. The van der Waals surface area contributed by atoms with Gasteiger partial charge in [0.2, 0.25) is 10.0 Å². The van der Waals surface area contributed by atoms with Crippen molar-refractivity contribution in [2.24, 2.45) is 0 Å². The van der Waals surface area contributed by atoms with E-state index in [0.717, 1.165) is 19.4 Å². The van der Waals surface area contributed by atoms with Crippen molar-refractivity contribution in [2.45, 2.75) is 54.1 Å². The van der Waals surface area contributed by atoms with Crippen LogP contribution in [0.2, 0.25) is 0 Å². The predicted molar refractivity (Wildman–Crippen MR) is 117 cm³/mol. The van der Waals surface area contributed by atoms with E-state index in [1.165, 1.54) is 9.87 Å². The molecule has 6 nitrogen and oxygen atoms in total. The molecule has 1 atom stereocenters. The number of hydrogen-bond acceptors (Lipinski definition) is 5. The van der Waals surface area contributed by atoms with Crippen molar-refractivity contribution in [3.8, 4) is 0 Å². The van der Waals surface area contributed by atoms with E-state index >= 15 is 0 Å². The summed E-state index contributed by atoms with van der Waals surface area (Å²) in [5, 5.41) is 9.53. The Hall–Kier alpha value is -2.22. The Morgan fingerprint density at radius 3 is 2.00 bits per heavy atom. The summed E-state index contributed by atoms with van der Waals surface area (Å²) in [6.45, 7) is 3.42. The molecule has 4 rings (SSSR count). The predicted octanol–water partition coefficient (Wildman–Crippen LogP) is 3.82. The number of aliphatic hydroxyl groups is 1. The van der Waals surface area contributed by atoms with Crippen molar-refractivity contribution in [1.29, 1.82) is 0 Å². The molecule has 198 valence electrons. The van der Waals surface area contributed by atoms with Crippen molar-refractivity contribution >= 4 is 10.0 Å². The molecule has 1 N–H and O–H groups in total. The number of hydrogen-bond donors (Lipinski definition) is 1. The Morgan fingerprint density at radius 2 is 1.53 bits per heavy atom. The number of nitrogens with zero attached hydrogens (tertiary/aromatic N) is 3. The Labute approximate surface area is 204 Å². The number of alkyl halides is 6. The zero-order valence-electron chi connectivity index (χ0n) is 19.2. The average Bonchev–Trinajstić information content (AvgIpc) is 3.58. The monoisotopic (exact) mass is 537 g/mol. The highest BCUT2D eigenvalue weighted by atomic mass is 32.2. The molecule has 0 spiro atoms. The first kappa shape index (κ1) is 26.8. The maximum absolute atomic E-state index is 13.2. The first-order valence-electron chi connectivity index (χ1n) is 11.2. The number of halogens is 6. The minimum absolute atomic E-state index is 0.00724. The summed E-state index contributed by atoms with van der Waals surface area (Å²) in [4.78, 5) is 5.76. The summed E-state index contributed by atoms with van der Waals surface area (Å²) in [6.07, 6.45) is -6.61. The standard InChI is InChI=1S/C23H25F6N3O3S/c1-16-14-31(15-20(8-9-20)17-6-10-30-11-7-17)12-13-32(16)36(34,35)19-4-2-18(3-5-19)21(33,22(24,25)26)23(27,28)29/h2-7,10-11,16,33H,8-9,12-15H2,1H3/t16-/m1/s1. The molecule has 1 saturated carbocycles. The molecule has 2 aromatic rings. The van der Waals surface area contributed by atoms with E-state index in [4.69, 9.17) is 0 Å². The molecule has 0 bridgehead atoms. The lowest BCUT2D eigenvalue weighted by Gasteiger charge is -2.40. The van der Waals surface area contributed by atoms with Gasteiger partial charge in [-0.05, 0) is 49.6 Å². The molecule has 1 aromatic carbocycles. The van der Waals surface area contributed by atoms with E-state index in [9.17, 15) is 39.9 Å². The Morgan fingerprint density at radius 1 is 0.972 bits per heavy atom. The molecule has 13 heteroatoms. The number of aromatic nitrogens is 1. The molecule has 0 radical (unpaired) electrons. The van der Waals surface area contributed by atoms with E-state index < -0.39 is 44.5 Å². The van der Waals surface area contributed by atoms with Crippen LogP contribution in [0.1, 0.15) is 30.9 Å². The van der Waals surface area contributed by atoms with Gasteiger partial charge in [0.05, 0.1) is 4.90 Å². The molecule has 1 aliphatic heterocycles. The molecular weight excluding hydrogens is 512 g/mol. The van der Waals surface area contributed by atoms with Gasteiger partial charge in [0.1, 0.15) is 0 Å². The van der Waals surface area contributed by atoms with Crippen LogP contribution < -0.4 is 0 Å². The van der Waals surface area contributed by atoms with E-state index in [1.807, 2.05) is 12.1 Å². The Balaban J connectivity index is 1.49. The van der Waals surface area contributed by atoms with Gasteiger partial charge in [0, 0.05) is 55.6 Å². The number of pyridine rings is 1. The fourth-order valence-electron chi connectivity index (χ4n) is 4.83. The van der Waals surface area contributed by atoms with Crippen molar-refractivity contribution < 1.29 is 39.9 Å². The lowest BCUT2D eigenvalue weighted by Crippen LogP contribution is -2.55. The van der Waals surface area contributed by atoms with Crippen LogP contribution in [0.15, 0.2) is 53.7 Å². The first-order valence-corrected chi connectivity index (χ1v) is 12.7. The molecule has 1 saturated heterocycles. The van der Waals surface area contributed by atoms with Gasteiger partial charge in [0.25, 0.3) is 5.60 Å². The Bertz CT molecular complexity index is 1170. The van der Waals surface area contributed by atoms with Crippen LogP contribution >= 0.6 is 0 Å². The molecule has 1 aromatic heterocycles. The molecule has 0 unspecified atom stereocenters.